The maximum Gasteiger partial charge on any atom is 0.275 e. The molecule has 1 unspecified atom stereocenters. The topological polar surface area (TPSA) is 119 Å². The number of carbonyl (C=O) groups is 3. The Morgan fingerprint density at radius 2 is 2.09 bits per heavy atom. The van der Waals surface area contributed by atoms with Crippen molar-refractivity contribution in [3.63, 3.8) is 0 Å². The number of piperidine rings is 1. The van der Waals surface area contributed by atoms with E-state index in [4.69, 9.17) is 16.3 Å². The van der Waals surface area contributed by atoms with E-state index in [0.29, 0.717) is 27.1 Å². The van der Waals surface area contributed by atoms with E-state index >= 15 is 0 Å². The van der Waals surface area contributed by atoms with E-state index in [1.165, 1.54) is 6.20 Å². The molecule has 3 amide bonds. The summed E-state index contributed by atoms with van der Waals surface area (Å²) in [7, 11) is 0. The summed E-state index contributed by atoms with van der Waals surface area (Å²) >= 11 is 6.19. The lowest BCUT2D eigenvalue weighted by molar-refractivity contribution is -0.136. The van der Waals surface area contributed by atoms with Crippen LogP contribution < -0.4 is 20.9 Å². The van der Waals surface area contributed by atoms with E-state index in [9.17, 15) is 19.2 Å². The molecule has 1 fully saturated rings. The molecule has 3 heterocycles. The molecule has 1 saturated heterocycles. The van der Waals surface area contributed by atoms with Crippen LogP contribution >= 0.6 is 11.6 Å². The van der Waals surface area contributed by atoms with Crippen molar-refractivity contribution in [3.8, 4) is 5.75 Å². The lowest BCUT2D eigenvalue weighted by Crippen LogP contribution is -2.45. The van der Waals surface area contributed by atoms with Crippen molar-refractivity contribution < 1.29 is 19.1 Å². The molecule has 10 heteroatoms. The highest BCUT2D eigenvalue weighted by Crippen LogP contribution is 2.31. The Balaban J connectivity index is 1.31. The highest BCUT2D eigenvalue weighted by Gasteiger charge is 2.30. The Hall–Kier alpha value is -3.98. The number of carbonyl (C=O) groups excluding carboxylic acids is 3. The summed E-state index contributed by atoms with van der Waals surface area (Å²) < 4.78 is 6.83. The molecule has 3 aromatic rings. The third-order valence-electron chi connectivity index (χ3n) is 6.13. The van der Waals surface area contributed by atoms with Crippen LogP contribution in [0.2, 0.25) is 5.02 Å². The van der Waals surface area contributed by atoms with E-state index in [0.717, 1.165) is 21.4 Å². The quantitative estimate of drug-likeness (QED) is 0.540. The highest BCUT2D eigenvalue weighted by molar-refractivity contribution is 6.31. The van der Waals surface area contributed by atoms with Gasteiger partial charge in [0.15, 0.2) is 0 Å². The predicted molar refractivity (Wildman–Crippen MR) is 129 cm³/mol. The Morgan fingerprint density at radius 1 is 1.26 bits per heavy atom. The van der Waals surface area contributed by atoms with Crippen LogP contribution in [0.5, 0.6) is 5.75 Å². The lowest BCUT2D eigenvalue weighted by Gasteiger charge is -2.21. The Labute approximate surface area is 204 Å². The third kappa shape index (κ3) is 4.42. The summed E-state index contributed by atoms with van der Waals surface area (Å²) in [5.74, 6) is -0.465. The summed E-state index contributed by atoms with van der Waals surface area (Å²) in [5, 5.41) is 10.9. The molecule has 0 bridgehead atoms. The van der Waals surface area contributed by atoms with Gasteiger partial charge in [-0.05, 0) is 54.8 Å². The predicted octanol–water partition coefficient (Wildman–Crippen LogP) is 2.43. The molecular formula is C25H21ClN4O5. The van der Waals surface area contributed by atoms with Crippen molar-refractivity contribution >= 4 is 46.2 Å². The second-order valence-corrected chi connectivity index (χ2v) is 8.97. The number of hydrogen-bond donors (Lipinski definition) is 2. The molecule has 5 rings (SSSR count). The van der Waals surface area contributed by atoms with Gasteiger partial charge in [0.2, 0.25) is 5.91 Å². The van der Waals surface area contributed by atoms with E-state index < -0.39 is 17.5 Å². The minimum Gasteiger partial charge on any atom is -0.488 e. The minimum absolute atomic E-state index is 0.154. The number of amides is 3. The number of nitrogens with zero attached hydrogens (tertiary/aromatic N) is 2. The highest BCUT2D eigenvalue weighted by atomic mass is 35.5. The Kier molecular flexibility index (Phi) is 5.86. The lowest BCUT2D eigenvalue weighted by atomic mass is 10.0. The number of aromatic nitrogens is 2. The zero-order valence-corrected chi connectivity index (χ0v) is 19.5. The van der Waals surface area contributed by atoms with Gasteiger partial charge in [-0.2, -0.15) is 5.10 Å². The number of imide groups is 1. The SMILES string of the molecule is Cc1cc2c(cc1Cl)C=C(C(=O)NCc1ccc3c(=O)n(C4CCC(=O)NC4=O)ncc3c1)CO2. The zero-order valence-electron chi connectivity index (χ0n) is 18.8. The maximum atomic E-state index is 12.9. The first kappa shape index (κ1) is 22.8. The molecule has 9 nitrogen and oxygen atoms in total. The summed E-state index contributed by atoms with van der Waals surface area (Å²) in [5.41, 5.74) is 2.50. The molecule has 178 valence electrons. The Morgan fingerprint density at radius 3 is 2.89 bits per heavy atom. The minimum atomic E-state index is -0.821. The van der Waals surface area contributed by atoms with Gasteiger partial charge in [-0.3, -0.25) is 24.5 Å². The fourth-order valence-corrected chi connectivity index (χ4v) is 4.35. The largest absolute Gasteiger partial charge is 0.488 e. The second-order valence-electron chi connectivity index (χ2n) is 8.56. The Bertz CT molecular complexity index is 1490. The van der Waals surface area contributed by atoms with E-state index in [2.05, 4.69) is 15.7 Å². The number of hydrogen-bond acceptors (Lipinski definition) is 6. The number of halogens is 1. The van der Waals surface area contributed by atoms with Crippen LogP contribution in [-0.4, -0.2) is 34.1 Å². The molecule has 0 radical (unpaired) electrons. The first-order valence-corrected chi connectivity index (χ1v) is 11.4. The van der Waals surface area contributed by atoms with Crippen molar-refractivity contribution in [2.24, 2.45) is 0 Å². The monoisotopic (exact) mass is 492 g/mol. The van der Waals surface area contributed by atoms with Gasteiger partial charge in [-0.25, -0.2) is 4.68 Å². The summed E-state index contributed by atoms with van der Waals surface area (Å²) in [4.78, 5) is 49.1. The summed E-state index contributed by atoms with van der Waals surface area (Å²) in [6, 6.07) is 7.95. The van der Waals surface area contributed by atoms with Gasteiger partial charge in [0.05, 0.1) is 17.2 Å². The van der Waals surface area contributed by atoms with Crippen LogP contribution in [0.15, 0.2) is 46.9 Å². The van der Waals surface area contributed by atoms with Crippen LogP contribution in [0.25, 0.3) is 16.8 Å². The average Bonchev–Trinajstić information content (AvgIpc) is 2.84. The zero-order chi connectivity index (χ0) is 24.7. The molecule has 1 aromatic heterocycles. The van der Waals surface area contributed by atoms with Crippen LogP contribution in [0.1, 0.15) is 35.6 Å². The molecule has 35 heavy (non-hydrogen) atoms. The van der Waals surface area contributed by atoms with Crippen molar-refractivity contribution in [1.29, 1.82) is 0 Å². The van der Waals surface area contributed by atoms with Crippen LogP contribution in [0.3, 0.4) is 0 Å². The van der Waals surface area contributed by atoms with Crippen molar-refractivity contribution in [1.82, 2.24) is 20.4 Å². The van der Waals surface area contributed by atoms with Gasteiger partial charge < -0.3 is 10.1 Å². The molecule has 0 spiro atoms. The molecule has 1 atom stereocenters. The van der Waals surface area contributed by atoms with Crippen molar-refractivity contribution in [2.45, 2.75) is 32.4 Å². The molecule has 2 aromatic carbocycles. The number of nitrogens with one attached hydrogen (secondary N) is 2. The molecule has 0 aliphatic carbocycles. The number of fused-ring (bicyclic) bond motifs is 2. The van der Waals surface area contributed by atoms with Crippen LogP contribution in [-0.2, 0) is 20.9 Å². The van der Waals surface area contributed by atoms with Gasteiger partial charge >= 0.3 is 0 Å². The molecule has 0 saturated carbocycles. The molecule has 2 aliphatic heterocycles. The first-order valence-electron chi connectivity index (χ1n) is 11.1. The fraction of sp³-hybridized carbons (Fsp3) is 0.240. The first-order chi connectivity index (χ1) is 16.8. The smallest absolute Gasteiger partial charge is 0.275 e. The number of rotatable bonds is 4. The summed E-state index contributed by atoms with van der Waals surface area (Å²) in [6.45, 7) is 2.28. The fourth-order valence-electron chi connectivity index (χ4n) is 4.18. The molecule has 2 aliphatic rings. The normalized spacial score (nSPS) is 17.3. The van der Waals surface area contributed by atoms with Crippen LogP contribution in [0, 0.1) is 6.92 Å². The standard InChI is InChI=1S/C25H21ClN4O5/c1-13-6-21-15(9-19(13)26)8-17(12-35-21)23(32)27-10-14-2-3-18-16(7-14)11-28-30(25(18)34)20-4-5-22(31)29-24(20)33/h2-3,6-9,11,20H,4-5,10,12H2,1H3,(H,27,32)(H,29,31,33). The second kappa shape index (κ2) is 8.99. The van der Waals surface area contributed by atoms with Crippen LogP contribution in [0.4, 0.5) is 0 Å². The van der Waals surface area contributed by atoms with E-state index in [-0.39, 0.29) is 37.8 Å². The molecular weight excluding hydrogens is 472 g/mol. The van der Waals surface area contributed by atoms with Gasteiger partial charge in [-0.15, -0.1) is 0 Å². The van der Waals surface area contributed by atoms with Gasteiger partial charge in [0.1, 0.15) is 18.4 Å². The number of ether oxygens (including phenoxy) is 1. The van der Waals surface area contributed by atoms with Gasteiger partial charge in [-0.1, -0.05) is 17.7 Å². The van der Waals surface area contributed by atoms with Gasteiger partial charge in [0.25, 0.3) is 17.4 Å². The van der Waals surface area contributed by atoms with Gasteiger partial charge in [0, 0.05) is 28.9 Å². The summed E-state index contributed by atoms with van der Waals surface area (Å²) in [6.07, 6.45) is 3.65. The number of benzene rings is 2. The van der Waals surface area contributed by atoms with E-state index in [1.807, 2.05) is 13.0 Å². The van der Waals surface area contributed by atoms with Crippen molar-refractivity contribution in [3.05, 3.63) is 74.2 Å². The van der Waals surface area contributed by atoms with Crippen molar-refractivity contribution in [2.75, 3.05) is 6.61 Å². The van der Waals surface area contributed by atoms with E-state index in [1.54, 1.807) is 30.3 Å². The number of aryl methyl sites for hydroxylation is 1. The maximum absolute atomic E-state index is 12.9. The third-order valence-corrected chi connectivity index (χ3v) is 6.54. The molecule has 2 N–H and O–H groups in total. The average molecular weight is 493 g/mol.